The first kappa shape index (κ1) is 13.1. The van der Waals surface area contributed by atoms with Gasteiger partial charge in [0.25, 0.3) is 0 Å². The Kier molecular flexibility index (Phi) is 3.06. The van der Waals surface area contributed by atoms with Crippen LogP contribution >= 0.6 is 0 Å². The molecular formula is C15H14N4O2. The molecule has 0 aliphatic heterocycles. The number of para-hydroxylation sites is 1. The fraction of sp³-hybridized carbons (Fsp3) is 0.133. The van der Waals surface area contributed by atoms with E-state index in [2.05, 4.69) is 10.3 Å². The molecule has 0 saturated heterocycles. The molecule has 106 valence electrons. The third-order valence-electron chi connectivity index (χ3n) is 3.29. The van der Waals surface area contributed by atoms with Gasteiger partial charge in [0.2, 0.25) is 0 Å². The summed E-state index contributed by atoms with van der Waals surface area (Å²) in [6.07, 6.45) is 0. The standard InChI is InChI=1S/C15H14N4O2/c1-18(2)10-5-3-6-11(9-10)19-14-12(15(20)21)7-4-8-13(14)16-17-19/h3-9H,1-2H3,(H,20,21). The van der Waals surface area contributed by atoms with Gasteiger partial charge in [-0.3, -0.25) is 0 Å². The van der Waals surface area contributed by atoms with E-state index in [1.54, 1.807) is 22.9 Å². The van der Waals surface area contributed by atoms with Crippen LogP contribution in [0.1, 0.15) is 10.4 Å². The SMILES string of the molecule is CN(C)c1cccc(-n2nnc3cccc(C(=O)O)c32)c1. The lowest BCUT2D eigenvalue weighted by Gasteiger charge is -2.13. The van der Waals surface area contributed by atoms with E-state index in [1.165, 1.54) is 0 Å². The fourth-order valence-corrected chi connectivity index (χ4v) is 2.23. The lowest BCUT2D eigenvalue weighted by atomic mass is 10.1. The van der Waals surface area contributed by atoms with Gasteiger partial charge in [0.1, 0.15) is 11.0 Å². The van der Waals surface area contributed by atoms with Gasteiger partial charge in [-0.25, -0.2) is 9.48 Å². The Morgan fingerprint density at radius 3 is 2.67 bits per heavy atom. The van der Waals surface area contributed by atoms with Crippen molar-refractivity contribution in [2.45, 2.75) is 0 Å². The number of fused-ring (bicyclic) bond motifs is 1. The third kappa shape index (κ3) is 2.20. The zero-order valence-corrected chi connectivity index (χ0v) is 11.7. The van der Waals surface area contributed by atoms with E-state index in [0.29, 0.717) is 11.0 Å². The van der Waals surface area contributed by atoms with Crippen molar-refractivity contribution in [3.05, 3.63) is 48.0 Å². The van der Waals surface area contributed by atoms with Gasteiger partial charge in [-0.1, -0.05) is 17.3 Å². The molecule has 6 nitrogen and oxygen atoms in total. The maximum Gasteiger partial charge on any atom is 0.337 e. The van der Waals surface area contributed by atoms with Gasteiger partial charge in [-0.05, 0) is 30.3 Å². The number of carbonyl (C=O) groups is 1. The Morgan fingerprint density at radius 2 is 1.95 bits per heavy atom. The molecule has 3 rings (SSSR count). The highest BCUT2D eigenvalue weighted by atomic mass is 16.4. The van der Waals surface area contributed by atoms with Gasteiger partial charge < -0.3 is 10.0 Å². The first-order chi connectivity index (χ1) is 10.1. The number of aromatic carboxylic acids is 1. The predicted octanol–water partition coefficient (Wildman–Crippen LogP) is 2.18. The molecule has 0 bridgehead atoms. The zero-order valence-electron chi connectivity index (χ0n) is 11.7. The molecular weight excluding hydrogens is 268 g/mol. The summed E-state index contributed by atoms with van der Waals surface area (Å²) in [7, 11) is 3.89. The van der Waals surface area contributed by atoms with Crippen molar-refractivity contribution in [1.82, 2.24) is 15.0 Å². The average molecular weight is 282 g/mol. The van der Waals surface area contributed by atoms with Gasteiger partial charge in [-0.15, -0.1) is 5.10 Å². The molecule has 2 aromatic carbocycles. The summed E-state index contributed by atoms with van der Waals surface area (Å²) in [5.41, 5.74) is 3.03. The van der Waals surface area contributed by atoms with Crippen LogP contribution in [-0.4, -0.2) is 40.2 Å². The first-order valence-electron chi connectivity index (χ1n) is 6.43. The van der Waals surface area contributed by atoms with Crippen LogP contribution in [0.4, 0.5) is 5.69 Å². The molecule has 0 atom stereocenters. The van der Waals surface area contributed by atoms with Gasteiger partial charge in [0.15, 0.2) is 0 Å². The highest BCUT2D eigenvalue weighted by Gasteiger charge is 2.15. The molecule has 6 heteroatoms. The normalized spacial score (nSPS) is 10.8. The van der Waals surface area contributed by atoms with E-state index in [1.807, 2.05) is 43.3 Å². The molecule has 0 saturated carbocycles. The Hall–Kier alpha value is -2.89. The maximum atomic E-state index is 11.4. The summed E-state index contributed by atoms with van der Waals surface area (Å²) in [4.78, 5) is 13.4. The van der Waals surface area contributed by atoms with Crippen molar-refractivity contribution >= 4 is 22.7 Å². The number of hydrogen-bond donors (Lipinski definition) is 1. The molecule has 1 heterocycles. The highest BCUT2D eigenvalue weighted by Crippen LogP contribution is 2.23. The van der Waals surface area contributed by atoms with Crippen LogP contribution in [0.3, 0.4) is 0 Å². The summed E-state index contributed by atoms with van der Waals surface area (Å²) in [6.45, 7) is 0. The zero-order chi connectivity index (χ0) is 15.0. The smallest absolute Gasteiger partial charge is 0.337 e. The van der Waals surface area contributed by atoms with Gasteiger partial charge >= 0.3 is 5.97 Å². The second kappa shape index (κ2) is 4.90. The molecule has 0 aliphatic carbocycles. The second-order valence-electron chi connectivity index (χ2n) is 4.89. The minimum absolute atomic E-state index is 0.188. The molecule has 1 N–H and O–H groups in total. The summed E-state index contributed by atoms with van der Waals surface area (Å²) < 4.78 is 1.56. The number of aromatic nitrogens is 3. The Balaban J connectivity index is 2.26. The number of carboxylic acids is 1. The molecule has 3 aromatic rings. The Bertz CT molecular complexity index is 823. The van der Waals surface area contributed by atoms with E-state index in [9.17, 15) is 9.90 Å². The van der Waals surface area contributed by atoms with Crippen LogP contribution in [0.25, 0.3) is 16.7 Å². The monoisotopic (exact) mass is 282 g/mol. The largest absolute Gasteiger partial charge is 0.478 e. The van der Waals surface area contributed by atoms with Crippen molar-refractivity contribution in [3.63, 3.8) is 0 Å². The summed E-state index contributed by atoms with van der Waals surface area (Å²) in [5.74, 6) is -0.993. The van der Waals surface area contributed by atoms with E-state index < -0.39 is 5.97 Å². The number of carboxylic acid groups (broad SMARTS) is 1. The van der Waals surface area contributed by atoms with E-state index >= 15 is 0 Å². The molecule has 0 fully saturated rings. The minimum Gasteiger partial charge on any atom is -0.478 e. The van der Waals surface area contributed by atoms with E-state index in [4.69, 9.17) is 0 Å². The second-order valence-corrected chi connectivity index (χ2v) is 4.89. The maximum absolute atomic E-state index is 11.4. The van der Waals surface area contributed by atoms with Gasteiger partial charge in [-0.2, -0.15) is 0 Å². The number of hydrogen-bond acceptors (Lipinski definition) is 4. The first-order valence-corrected chi connectivity index (χ1v) is 6.43. The third-order valence-corrected chi connectivity index (χ3v) is 3.29. The Morgan fingerprint density at radius 1 is 1.19 bits per heavy atom. The molecule has 1 aromatic heterocycles. The van der Waals surface area contributed by atoms with Crippen LogP contribution in [-0.2, 0) is 0 Å². The molecule has 0 amide bonds. The van der Waals surface area contributed by atoms with Crippen LogP contribution in [0.2, 0.25) is 0 Å². The Labute approximate surface area is 121 Å². The number of rotatable bonds is 3. The van der Waals surface area contributed by atoms with Gasteiger partial charge in [0, 0.05) is 19.8 Å². The number of benzene rings is 2. The lowest BCUT2D eigenvalue weighted by molar-refractivity contribution is 0.0698. The van der Waals surface area contributed by atoms with Crippen molar-refractivity contribution in [3.8, 4) is 5.69 Å². The van der Waals surface area contributed by atoms with Crippen molar-refractivity contribution in [1.29, 1.82) is 0 Å². The number of anilines is 1. The minimum atomic E-state index is -0.993. The van der Waals surface area contributed by atoms with Crippen molar-refractivity contribution in [2.75, 3.05) is 19.0 Å². The quantitative estimate of drug-likeness (QED) is 0.797. The van der Waals surface area contributed by atoms with Crippen LogP contribution < -0.4 is 4.90 Å². The van der Waals surface area contributed by atoms with Crippen LogP contribution in [0.5, 0.6) is 0 Å². The summed E-state index contributed by atoms with van der Waals surface area (Å²) in [6, 6.07) is 12.7. The van der Waals surface area contributed by atoms with E-state index in [0.717, 1.165) is 11.4 Å². The summed E-state index contributed by atoms with van der Waals surface area (Å²) >= 11 is 0. The van der Waals surface area contributed by atoms with E-state index in [-0.39, 0.29) is 5.56 Å². The van der Waals surface area contributed by atoms with Crippen LogP contribution in [0, 0.1) is 0 Å². The predicted molar refractivity (Wildman–Crippen MR) is 80.2 cm³/mol. The molecule has 21 heavy (non-hydrogen) atoms. The molecule has 0 unspecified atom stereocenters. The van der Waals surface area contributed by atoms with Crippen molar-refractivity contribution < 1.29 is 9.90 Å². The van der Waals surface area contributed by atoms with Crippen molar-refractivity contribution in [2.24, 2.45) is 0 Å². The topological polar surface area (TPSA) is 71.2 Å². The molecule has 0 spiro atoms. The number of nitrogens with zero attached hydrogens (tertiary/aromatic N) is 4. The van der Waals surface area contributed by atoms with Gasteiger partial charge in [0.05, 0.1) is 11.3 Å². The average Bonchev–Trinajstić information content (AvgIpc) is 2.91. The lowest BCUT2D eigenvalue weighted by Crippen LogP contribution is -2.09. The van der Waals surface area contributed by atoms with Crippen LogP contribution in [0.15, 0.2) is 42.5 Å². The highest BCUT2D eigenvalue weighted by molar-refractivity contribution is 6.01. The molecule has 0 radical (unpaired) electrons. The summed E-state index contributed by atoms with van der Waals surface area (Å²) in [5, 5.41) is 17.5. The molecule has 0 aliphatic rings. The fourth-order valence-electron chi connectivity index (χ4n) is 2.23.